The molecule has 2 unspecified atom stereocenters. The van der Waals surface area contributed by atoms with Crippen LogP contribution in [0.3, 0.4) is 0 Å². The van der Waals surface area contributed by atoms with Gasteiger partial charge in [-0.2, -0.15) is 8.42 Å². The molecule has 0 aliphatic rings. The Bertz CT molecular complexity index is 1020. The zero-order valence-electron chi connectivity index (χ0n) is 15.5. The second kappa shape index (κ2) is 12.0. The minimum Gasteiger partial charge on any atom is -0.398 e. The maximum Gasteiger partial charge on any atom is 0.265 e. The Balaban J connectivity index is 0.000000282. The molecule has 9 heteroatoms. The average molecular weight is 526 g/mol. The summed E-state index contributed by atoms with van der Waals surface area (Å²) in [5, 5.41) is 0. The molecule has 3 aromatic carbocycles. The molecule has 0 heterocycles. The van der Waals surface area contributed by atoms with E-state index in [1.165, 1.54) is 17.7 Å². The predicted octanol–water partition coefficient (Wildman–Crippen LogP) is 4.06. The van der Waals surface area contributed by atoms with Crippen LogP contribution in [0.1, 0.15) is 11.4 Å². The van der Waals surface area contributed by atoms with Crippen molar-refractivity contribution in [2.24, 2.45) is 0 Å². The van der Waals surface area contributed by atoms with E-state index in [2.05, 4.69) is 16.3 Å². The molecule has 0 aliphatic heterocycles. The SMILES string of the molecule is CS(=O)(=O)OC(c1ccccc1)[PH](=O)O.Nc1ccccc1-c1ccccc1.[Pd]. The maximum atomic E-state index is 11.0. The normalized spacial score (nSPS) is 12.6. The van der Waals surface area contributed by atoms with Crippen LogP contribution in [0.5, 0.6) is 0 Å². The van der Waals surface area contributed by atoms with Crippen LogP contribution in [0.4, 0.5) is 5.69 Å². The van der Waals surface area contributed by atoms with Gasteiger partial charge in [0.15, 0.2) is 5.85 Å². The van der Waals surface area contributed by atoms with Crippen molar-refractivity contribution in [2.45, 2.75) is 5.85 Å². The van der Waals surface area contributed by atoms with Gasteiger partial charge in [-0.15, -0.1) is 0 Å². The molecule has 0 saturated carbocycles. The van der Waals surface area contributed by atoms with E-state index >= 15 is 0 Å². The fraction of sp³-hybridized carbons (Fsp3) is 0.100. The van der Waals surface area contributed by atoms with E-state index in [-0.39, 0.29) is 20.4 Å². The van der Waals surface area contributed by atoms with Crippen LogP contribution >= 0.6 is 8.03 Å². The van der Waals surface area contributed by atoms with E-state index in [4.69, 9.17) is 10.6 Å². The van der Waals surface area contributed by atoms with Crippen LogP contribution in [0.25, 0.3) is 11.1 Å². The van der Waals surface area contributed by atoms with Crippen molar-refractivity contribution in [3.05, 3.63) is 90.5 Å². The Hall–Kier alpha value is -1.78. The van der Waals surface area contributed by atoms with Gasteiger partial charge in [0.25, 0.3) is 10.1 Å². The summed E-state index contributed by atoms with van der Waals surface area (Å²) in [6.07, 6.45) is 0.841. The molecular weight excluding hydrogens is 504 g/mol. The Labute approximate surface area is 185 Å². The van der Waals surface area contributed by atoms with Gasteiger partial charge in [0.1, 0.15) is 0 Å². The Kier molecular flexibility index (Phi) is 10.5. The van der Waals surface area contributed by atoms with Crippen LogP contribution in [0.15, 0.2) is 84.9 Å². The summed E-state index contributed by atoms with van der Waals surface area (Å²) >= 11 is 0. The predicted molar refractivity (Wildman–Crippen MR) is 113 cm³/mol. The van der Waals surface area contributed by atoms with Crippen molar-refractivity contribution < 1.29 is 42.5 Å². The van der Waals surface area contributed by atoms with Crippen molar-refractivity contribution in [3.8, 4) is 11.1 Å². The molecule has 0 saturated heterocycles. The van der Waals surface area contributed by atoms with Gasteiger partial charge < -0.3 is 10.6 Å². The number of nitrogen functional groups attached to an aromatic ring is 1. The maximum absolute atomic E-state index is 11.0. The van der Waals surface area contributed by atoms with Gasteiger partial charge >= 0.3 is 0 Å². The largest absolute Gasteiger partial charge is 0.398 e. The molecule has 0 amide bonds. The molecule has 3 aromatic rings. The van der Waals surface area contributed by atoms with E-state index in [0.29, 0.717) is 5.56 Å². The molecule has 0 aromatic heterocycles. The van der Waals surface area contributed by atoms with Gasteiger partial charge in [0.05, 0.1) is 6.26 Å². The molecule has 3 N–H and O–H groups in total. The average Bonchev–Trinajstić information content (AvgIpc) is 2.67. The van der Waals surface area contributed by atoms with Gasteiger partial charge in [0.2, 0.25) is 8.03 Å². The fourth-order valence-corrected chi connectivity index (χ4v) is 4.21. The number of hydrogen-bond acceptors (Lipinski definition) is 5. The smallest absolute Gasteiger partial charge is 0.265 e. The van der Waals surface area contributed by atoms with Gasteiger partial charge in [0, 0.05) is 31.7 Å². The molecule has 0 fully saturated rings. The molecule has 158 valence electrons. The van der Waals surface area contributed by atoms with Crippen LogP contribution in [-0.2, 0) is 39.3 Å². The number of rotatable bonds is 5. The van der Waals surface area contributed by atoms with Crippen molar-refractivity contribution in [2.75, 3.05) is 12.0 Å². The van der Waals surface area contributed by atoms with Crippen LogP contribution in [0, 0.1) is 0 Å². The monoisotopic (exact) mass is 525 g/mol. The molecule has 0 spiro atoms. The molecule has 0 aliphatic carbocycles. The number of benzene rings is 3. The van der Waals surface area contributed by atoms with E-state index < -0.39 is 24.0 Å². The minimum atomic E-state index is -3.75. The second-order valence-electron chi connectivity index (χ2n) is 5.88. The third-order valence-corrected chi connectivity index (χ3v) is 5.26. The molecule has 0 bridgehead atoms. The first-order valence-electron chi connectivity index (χ1n) is 8.34. The molecule has 3 rings (SSSR count). The Morgan fingerprint density at radius 3 is 1.86 bits per heavy atom. The van der Waals surface area contributed by atoms with Gasteiger partial charge in [-0.1, -0.05) is 78.9 Å². The summed E-state index contributed by atoms with van der Waals surface area (Å²) in [5.74, 6) is -1.30. The van der Waals surface area contributed by atoms with Crippen molar-refractivity contribution in [3.63, 3.8) is 0 Å². The zero-order valence-corrected chi connectivity index (χ0v) is 18.9. The Morgan fingerprint density at radius 2 is 1.38 bits per heavy atom. The topological polar surface area (TPSA) is 107 Å². The molecule has 0 radical (unpaired) electrons. The van der Waals surface area contributed by atoms with Gasteiger partial charge in [-0.05, 0) is 17.2 Å². The number of hydrogen-bond donors (Lipinski definition) is 2. The van der Waals surface area contributed by atoms with Crippen molar-refractivity contribution in [1.82, 2.24) is 0 Å². The van der Waals surface area contributed by atoms with Gasteiger partial charge in [-0.25, -0.2) is 0 Å². The van der Waals surface area contributed by atoms with Crippen LogP contribution < -0.4 is 5.73 Å². The van der Waals surface area contributed by atoms with E-state index in [1.807, 2.05) is 42.5 Å². The first-order chi connectivity index (χ1) is 13.3. The Morgan fingerprint density at radius 1 is 0.897 bits per heavy atom. The first kappa shape index (κ1) is 25.3. The number of para-hydroxylation sites is 1. The van der Waals surface area contributed by atoms with Crippen LogP contribution in [-0.4, -0.2) is 19.6 Å². The molecule has 29 heavy (non-hydrogen) atoms. The molecule has 2 atom stereocenters. The summed E-state index contributed by atoms with van der Waals surface area (Å²) in [5.41, 5.74) is 9.32. The third-order valence-electron chi connectivity index (χ3n) is 3.64. The first-order valence-corrected chi connectivity index (χ1v) is 11.6. The second-order valence-corrected chi connectivity index (χ2v) is 8.68. The summed E-state index contributed by atoms with van der Waals surface area (Å²) in [6.45, 7) is 0. The third kappa shape index (κ3) is 8.63. The van der Waals surface area contributed by atoms with Crippen LogP contribution in [0.2, 0.25) is 0 Å². The molecule has 6 nitrogen and oxygen atoms in total. The van der Waals surface area contributed by atoms with E-state index in [1.54, 1.807) is 18.2 Å². The van der Waals surface area contributed by atoms with E-state index in [0.717, 1.165) is 17.5 Å². The van der Waals surface area contributed by atoms with Crippen molar-refractivity contribution in [1.29, 1.82) is 0 Å². The van der Waals surface area contributed by atoms with Gasteiger partial charge in [-0.3, -0.25) is 8.75 Å². The summed E-state index contributed by atoms with van der Waals surface area (Å²) in [4.78, 5) is 8.99. The minimum absolute atomic E-state index is 0. The summed E-state index contributed by atoms with van der Waals surface area (Å²) in [7, 11) is -6.86. The summed E-state index contributed by atoms with van der Waals surface area (Å²) in [6, 6.07) is 26.1. The standard InChI is InChI=1S/C12H11N.C8H11O5PS.Pd/c13-12-9-5-4-8-11(12)10-6-2-1-3-7-10;1-15(11,12)13-8(14(9)10)7-5-3-2-4-6-7;/h1-9H,13H2;2-6,8,14H,1H3,(H,9,10);. The van der Waals surface area contributed by atoms with Crippen molar-refractivity contribution >= 4 is 23.8 Å². The molecular formula is C20H22NO5PPdS. The summed E-state index contributed by atoms with van der Waals surface area (Å²) < 4.78 is 37.2. The van der Waals surface area contributed by atoms with E-state index in [9.17, 15) is 13.0 Å². The zero-order chi connectivity index (χ0) is 20.6. The number of anilines is 1. The fourth-order valence-electron chi connectivity index (χ4n) is 2.42. The number of nitrogens with two attached hydrogens (primary N) is 1. The quantitative estimate of drug-likeness (QED) is 0.225.